The number of likely N-dealkylation sites (tertiary alicyclic amines) is 1. The van der Waals surface area contributed by atoms with Crippen LogP contribution in [0.1, 0.15) is 6.42 Å². The Morgan fingerprint density at radius 1 is 1.48 bits per heavy atom. The largest absolute Gasteiger partial charge is 0.465 e. The van der Waals surface area contributed by atoms with Gasteiger partial charge in [-0.1, -0.05) is 29.0 Å². The van der Waals surface area contributed by atoms with E-state index < -0.39 is 10.0 Å². The Hall–Kier alpha value is -1.68. The van der Waals surface area contributed by atoms with Crippen LogP contribution in [0.3, 0.4) is 0 Å². The molecule has 1 unspecified atom stereocenters. The Kier molecular flexibility index (Phi) is 5.57. The third-order valence-electron chi connectivity index (χ3n) is 3.69. The number of carbonyl (C=O) groups is 1. The average Bonchev–Trinajstić information content (AvgIpc) is 3.25. The Morgan fingerprint density at radius 3 is 3.04 bits per heavy atom. The first-order chi connectivity index (χ1) is 11.9. The number of rotatable bonds is 6. The van der Waals surface area contributed by atoms with Crippen LogP contribution in [0.4, 0.5) is 0 Å². The zero-order valence-electron chi connectivity index (χ0n) is 13.1. The van der Waals surface area contributed by atoms with Crippen LogP contribution in [0.5, 0.6) is 5.19 Å². The average molecular weight is 402 g/mol. The van der Waals surface area contributed by atoms with Crippen LogP contribution in [0.25, 0.3) is 0 Å². The molecule has 2 aromatic rings. The van der Waals surface area contributed by atoms with Crippen LogP contribution in [0.15, 0.2) is 40.7 Å². The van der Waals surface area contributed by atoms with E-state index in [1.165, 1.54) is 23.5 Å². The van der Waals surface area contributed by atoms with Gasteiger partial charge in [-0.05, 0) is 18.2 Å². The van der Waals surface area contributed by atoms with Crippen molar-refractivity contribution in [2.75, 3.05) is 19.6 Å². The molecular formula is C15H16ClN3O4S2. The van der Waals surface area contributed by atoms with Gasteiger partial charge in [0.1, 0.15) is 6.10 Å². The minimum Gasteiger partial charge on any atom is -0.465 e. The van der Waals surface area contributed by atoms with E-state index in [4.69, 9.17) is 16.3 Å². The molecule has 0 radical (unpaired) electrons. The van der Waals surface area contributed by atoms with Gasteiger partial charge in [-0.15, -0.1) is 0 Å². The maximum Gasteiger partial charge on any atom is 0.273 e. The molecule has 134 valence electrons. The fourth-order valence-corrected chi connectivity index (χ4v) is 4.27. The van der Waals surface area contributed by atoms with Gasteiger partial charge >= 0.3 is 0 Å². The van der Waals surface area contributed by atoms with Gasteiger partial charge < -0.3 is 9.64 Å². The number of benzene rings is 1. The first kappa shape index (κ1) is 18.1. The number of thiazole rings is 1. The first-order valence-electron chi connectivity index (χ1n) is 7.53. The van der Waals surface area contributed by atoms with Crippen molar-refractivity contribution in [3.63, 3.8) is 0 Å². The van der Waals surface area contributed by atoms with Crippen molar-refractivity contribution in [2.45, 2.75) is 17.4 Å². The molecule has 0 saturated carbocycles. The summed E-state index contributed by atoms with van der Waals surface area (Å²) in [5.74, 6) is -0.296. The van der Waals surface area contributed by atoms with Gasteiger partial charge in [0.05, 0.1) is 18.0 Å². The normalized spacial score (nSPS) is 17.6. The van der Waals surface area contributed by atoms with E-state index in [1.54, 1.807) is 23.2 Å². The van der Waals surface area contributed by atoms with Crippen molar-refractivity contribution in [3.05, 3.63) is 40.9 Å². The lowest BCUT2D eigenvalue weighted by Crippen LogP contribution is -2.39. The Labute approximate surface area is 154 Å². The molecule has 7 nitrogen and oxygen atoms in total. The summed E-state index contributed by atoms with van der Waals surface area (Å²) in [6.45, 7) is 0.629. The van der Waals surface area contributed by atoms with Crippen LogP contribution < -0.4 is 9.46 Å². The van der Waals surface area contributed by atoms with E-state index in [2.05, 4.69) is 9.71 Å². The minimum absolute atomic E-state index is 0.0270. The number of carbonyl (C=O) groups excluding carboxylic acids is 1. The highest BCUT2D eigenvalue weighted by atomic mass is 35.5. The van der Waals surface area contributed by atoms with Crippen LogP contribution in [0.2, 0.25) is 5.02 Å². The van der Waals surface area contributed by atoms with Crippen LogP contribution >= 0.6 is 22.9 Å². The summed E-state index contributed by atoms with van der Waals surface area (Å²) in [4.78, 5) is 17.9. The number of amides is 1. The van der Waals surface area contributed by atoms with Gasteiger partial charge in [0.2, 0.25) is 15.9 Å². The number of hydrogen-bond acceptors (Lipinski definition) is 6. The Balaban J connectivity index is 1.52. The van der Waals surface area contributed by atoms with Crippen LogP contribution in [-0.4, -0.2) is 49.9 Å². The summed E-state index contributed by atoms with van der Waals surface area (Å²) < 4.78 is 32.4. The van der Waals surface area contributed by atoms with E-state index in [0.717, 1.165) is 0 Å². The second kappa shape index (κ2) is 7.69. The number of sulfonamides is 1. The fraction of sp³-hybridized carbons (Fsp3) is 0.333. The first-order valence-corrected chi connectivity index (χ1v) is 10.3. The summed E-state index contributed by atoms with van der Waals surface area (Å²) in [7, 11) is -3.78. The molecule has 0 bridgehead atoms. The second-order valence-corrected chi connectivity index (χ2v) is 8.51. The summed E-state index contributed by atoms with van der Waals surface area (Å²) in [6, 6.07) is 5.88. The molecule has 1 amide bonds. The third-order valence-corrected chi connectivity index (χ3v) is 5.99. The molecule has 1 saturated heterocycles. The van der Waals surface area contributed by atoms with Crippen molar-refractivity contribution in [3.8, 4) is 5.19 Å². The third kappa shape index (κ3) is 4.69. The smallest absolute Gasteiger partial charge is 0.273 e. The molecule has 0 aliphatic carbocycles. The van der Waals surface area contributed by atoms with Gasteiger partial charge in [0, 0.05) is 29.6 Å². The molecule has 1 aliphatic rings. The lowest BCUT2D eigenvalue weighted by molar-refractivity contribution is -0.129. The molecule has 25 heavy (non-hydrogen) atoms. The quantitative estimate of drug-likeness (QED) is 0.796. The van der Waals surface area contributed by atoms with Crippen molar-refractivity contribution in [2.24, 2.45) is 0 Å². The number of hydrogen-bond donors (Lipinski definition) is 1. The lowest BCUT2D eigenvalue weighted by Gasteiger charge is -2.17. The zero-order valence-corrected chi connectivity index (χ0v) is 15.5. The van der Waals surface area contributed by atoms with E-state index >= 15 is 0 Å². The molecule has 1 N–H and O–H groups in total. The zero-order chi connectivity index (χ0) is 17.9. The standard InChI is InChI=1S/C15H16ClN3O4S2/c16-11-2-1-3-13(8-11)25(21,22)18-9-14(20)19-6-4-12(10-19)23-15-17-5-7-24-15/h1-3,5,7-8,12,18H,4,6,9-10H2. The second-order valence-electron chi connectivity index (χ2n) is 5.45. The summed E-state index contributed by atoms with van der Waals surface area (Å²) in [5, 5.41) is 2.70. The summed E-state index contributed by atoms with van der Waals surface area (Å²) in [5.41, 5.74) is 0. The van der Waals surface area contributed by atoms with E-state index in [-0.39, 0.29) is 23.5 Å². The van der Waals surface area contributed by atoms with Gasteiger partial charge in [0.25, 0.3) is 5.19 Å². The topological polar surface area (TPSA) is 88.6 Å². The highest BCUT2D eigenvalue weighted by Crippen LogP contribution is 2.20. The summed E-state index contributed by atoms with van der Waals surface area (Å²) >= 11 is 7.20. The van der Waals surface area contributed by atoms with Crippen molar-refractivity contribution in [1.82, 2.24) is 14.6 Å². The number of nitrogens with zero attached hydrogens (tertiary/aromatic N) is 2. The number of nitrogens with one attached hydrogen (secondary N) is 1. The van der Waals surface area contributed by atoms with Crippen molar-refractivity contribution in [1.29, 1.82) is 0 Å². The molecule has 1 aromatic carbocycles. The minimum atomic E-state index is -3.78. The SMILES string of the molecule is O=C(CNS(=O)(=O)c1cccc(Cl)c1)N1CCC(Oc2nccs2)C1. The predicted octanol–water partition coefficient (Wildman–Crippen LogP) is 1.75. The van der Waals surface area contributed by atoms with E-state index in [1.807, 2.05) is 5.38 Å². The molecule has 1 atom stereocenters. The molecule has 1 aliphatic heterocycles. The predicted molar refractivity (Wildman–Crippen MR) is 94.4 cm³/mol. The molecular weight excluding hydrogens is 386 g/mol. The van der Waals surface area contributed by atoms with Gasteiger partial charge in [-0.25, -0.2) is 18.1 Å². The number of ether oxygens (including phenoxy) is 1. The molecule has 10 heteroatoms. The van der Waals surface area contributed by atoms with E-state index in [9.17, 15) is 13.2 Å². The monoisotopic (exact) mass is 401 g/mol. The molecule has 1 fully saturated rings. The number of halogens is 1. The number of aromatic nitrogens is 1. The highest BCUT2D eigenvalue weighted by molar-refractivity contribution is 7.89. The fourth-order valence-electron chi connectivity index (χ4n) is 2.45. The van der Waals surface area contributed by atoms with Crippen LogP contribution in [0, 0.1) is 0 Å². The van der Waals surface area contributed by atoms with Crippen LogP contribution in [-0.2, 0) is 14.8 Å². The molecule has 0 spiro atoms. The lowest BCUT2D eigenvalue weighted by atomic mass is 10.3. The molecule has 3 rings (SSSR count). The Morgan fingerprint density at radius 2 is 2.32 bits per heavy atom. The maximum absolute atomic E-state index is 12.2. The van der Waals surface area contributed by atoms with Gasteiger partial charge in [0.15, 0.2) is 0 Å². The molecule has 1 aromatic heterocycles. The Bertz CT molecular complexity index is 842. The van der Waals surface area contributed by atoms with Crippen molar-refractivity contribution >= 4 is 38.9 Å². The maximum atomic E-state index is 12.2. The highest BCUT2D eigenvalue weighted by Gasteiger charge is 2.28. The van der Waals surface area contributed by atoms with Gasteiger partial charge in [-0.3, -0.25) is 4.79 Å². The van der Waals surface area contributed by atoms with Gasteiger partial charge in [-0.2, -0.15) is 0 Å². The van der Waals surface area contributed by atoms with E-state index in [0.29, 0.717) is 29.7 Å². The molecule has 2 heterocycles. The summed E-state index contributed by atoms with van der Waals surface area (Å²) in [6.07, 6.45) is 2.22. The van der Waals surface area contributed by atoms with Crippen molar-refractivity contribution < 1.29 is 17.9 Å².